The van der Waals surface area contributed by atoms with Gasteiger partial charge in [-0.1, -0.05) is 19.3 Å². The summed E-state index contributed by atoms with van der Waals surface area (Å²) in [4.78, 5) is 14.1. The van der Waals surface area contributed by atoms with E-state index in [1.165, 1.54) is 32.1 Å². The molecule has 2 aromatic heterocycles. The number of nitrogens with one attached hydrogen (secondary N) is 2. The highest BCUT2D eigenvalue weighted by Crippen LogP contribution is 2.17. The predicted molar refractivity (Wildman–Crippen MR) is 67.3 cm³/mol. The first kappa shape index (κ1) is 11.4. The summed E-state index contributed by atoms with van der Waals surface area (Å²) in [6, 6.07) is 0.577. The van der Waals surface area contributed by atoms with Gasteiger partial charge in [-0.05, 0) is 12.8 Å². The lowest BCUT2D eigenvalue weighted by atomic mass is 9.95. The van der Waals surface area contributed by atoms with Gasteiger partial charge < -0.3 is 10.3 Å². The van der Waals surface area contributed by atoms with Crippen LogP contribution in [0, 0.1) is 0 Å². The first-order valence-corrected chi connectivity index (χ1v) is 6.49. The van der Waals surface area contributed by atoms with Gasteiger partial charge in [-0.15, -0.1) is 10.2 Å². The third-order valence-corrected chi connectivity index (χ3v) is 3.56. The largest absolute Gasteiger partial charge is 0.324 e. The van der Waals surface area contributed by atoms with Gasteiger partial charge in [-0.3, -0.25) is 9.20 Å². The summed E-state index contributed by atoms with van der Waals surface area (Å²) < 4.78 is 1.74. The molecule has 0 radical (unpaired) electrons. The zero-order valence-electron chi connectivity index (χ0n) is 10.2. The summed E-state index contributed by atoms with van der Waals surface area (Å²) in [7, 11) is 0. The van der Waals surface area contributed by atoms with E-state index >= 15 is 0 Å². The molecule has 2 heterocycles. The maximum absolute atomic E-state index is 11.5. The van der Waals surface area contributed by atoms with Gasteiger partial charge in [0.05, 0.1) is 6.54 Å². The average molecular weight is 247 g/mol. The van der Waals surface area contributed by atoms with Crippen LogP contribution in [0.1, 0.15) is 37.9 Å². The highest BCUT2D eigenvalue weighted by atomic mass is 16.1. The molecule has 0 amide bonds. The van der Waals surface area contributed by atoms with Crippen LogP contribution in [0.2, 0.25) is 0 Å². The van der Waals surface area contributed by atoms with Crippen LogP contribution in [0.5, 0.6) is 0 Å². The summed E-state index contributed by atoms with van der Waals surface area (Å²) in [5.41, 5.74) is 0.159. The van der Waals surface area contributed by atoms with Crippen LogP contribution in [-0.4, -0.2) is 25.6 Å². The standard InChI is InChI=1S/C12H17N5O/c18-12-11-16-15-10(17(11)7-6-13-12)8-14-9-4-2-1-3-5-9/h6-7,9,14H,1-5,8H2,(H,13,18). The Kier molecular flexibility index (Phi) is 3.10. The minimum atomic E-state index is -0.200. The Labute approximate surface area is 104 Å². The number of aromatic nitrogens is 4. The minimum Gasteiger partial charge on any atom is -0.324 e. The van der Waals surface area contributed by atoms with Crippen molar-refractivity contribution in [1.29, 1.82) is 0 Å². The summed E-state index contributed by atoms with van der Waals surface area (Å²) in [6.07, 6.45) is 9.82. The Morgan fingerprint density at radius 2 is 2.17 bits per heavy atom. The molecule has 2 aromatic rings. The van der Waals surface area contributed by atoms with Crippen LogP contribution in [0.15, 0.2) is 17.2 Å². The quantitative estimate of drug-likeness (QED) is 0.842. The Morgan fingerprint density at radius 3 is 3.00 bits per heavy atom. The van der Waals surface area contributed by atoms with Crippen LogP contribution in [0.3, 0.4) is 0 Å². The molecule has 3 rings (SSSR count). The summed E-state index contributed by atoms with van der Waals surface area (Å²) in [6.45, 7) is 0.662. The van der Waals surface area contributed by atoms with Crippen molar-refractivity contribution < 1.29 is 0 Å². The van der Waals surface area contributed by atoms with Crippen LogP contribution in [-0.2, 0) is 6.54 Å². The average Bonchev–Trinajstić information content (AvgIpc) is 2.82. The van der Waals surface area contributed by atoms with Gasteiger partial charge in [0, 0.05) is 18.4 Å². The van der Waals surface area contributed by atoms with E-state index in [0.717, 1.165) is 5.82 Å². The maximum Gasteiger partial charge on any atom is 0.293 e. The topological polar surface area (TPSA) is 75.1 Å². The Morgan fingerprint density at radius 1 is 1.33 bits per heavy atom. The summed E-state index contributed by atoms with van der Waals surface area (Å²) >= 11 is 0. The van der Waals surface area contributed by atoms with E-state index in [1.54, 1.807) is 16.8 Å². The fourth-order valence-electron chi connectivity index (χ4n) is 2.55. The van der Waals surface area contributed by atoms with Crippen LogP contribution in [0.4, 0.5) is 0 Å². The van der Waals surface area contributed by atoms with E-state index in [4.69, 9.17) is 0 Å². The van der Waals surface area contributed by atoms with Gasteiger partial charge in [-0.25, -0.2) is 0 Å². The lowest BCUT2D eigenvalue weighted by Crippen LogP contribution is -2.31. The first-order chi connectivity index (χ1) is 8.84. The molecule has 0 aromatic carbocycles. The van der Waals surface area contributed by atoms with Crippen molar-refractivity contribution >= 4 is 5.65 Å². The van der Waals surface area contributed by atoms with Gasteiger partial charge in [0.2, 0.25) is 5.65 Å². The maximum atomic E-state index is 11.5. The van der Waals surface area contributed by atoms with E-state index in [9.17, 15) is 4.79 Å². The molecule has 6 nitrogen and oxygen atoms in total. The first-order valence-electron chi connectivity index (χ1n) is 6.49. The monoisotopic (exact) mass is 247 g/mol. The molecule has 0 atom stereocenters. The van der Waals surface area contributed by atoms with Crippen molar-refractivity contribution in [2.24, 2.45) is 0 Å². The number of hydrogen-bond acceptors (Lipinski definition) is 4. The zero-order chi connectivity index (χ0) is 12.4. The highest BCUT2D eigenvalue weighted by Gasteiger charge is 2.14. The second-order valence-electron chi connectivity index (χ2n) is 4.81. The number of nitrogens with zero attached hydrogens (tertiary/aromatic N) is 3. The molecule has 0 aliphatic heterocycles. The second-order valence-corrected chi connectivity index (χ2v) is 4.81. The zero-order valence-corrected chi connectivity index (χ0v) is 10.2. The second kappa shape index (κ2) is 4.89. The predicted octanol–water partition coefficient (Wildman–Crippen LogP) is 0.840. The summed E-state index contributed by atoms with van der Waals surface area (Å²) in [5, 5.41) is 11.5. The number of aromatic amines is 1. The van der Waals surface area contributed by atoms with Crippen LogP contribution < -0.4 is 10.9 Å². The molecule has 1 aliphatic rings. The lowest BCUT2D eigenvalue weighted by molar-refractivity contribution is 0.369. The minimum absolute atomic E-state index is 0.200. The SMILES string of the molecule is O=c1[nH]ccn2c(CNC3CCCCC3)nnc12. The van der Waals surface area contributed by atoms with Gasteiger partial charge in [-0.2, -0.15) is 0 Å². The molecule has 96 valence electrons. The number of fused-ring (bicyclic) bond motifs is 1. The Hall–Kier alpha value is -1.69. The van der Waals surface area contributed by atoms with Crippen molar-refractivity contribution in [1.82, 2.24) is 24.9 Å². The molecule has 18 heavy (non-hydrogen) atoms. The lowest BCUT2D eigenvalue weighted by Gasteiger charge is -2.22. The van der Waals surface area contributed by atoms with Crippen LogP contribution >= 0.6 is 0 Å². The van der Waals surface area contributed by atoms with E-state index in [1.807, 2.05) is 0 Å². The Bertz CT molecular complexity index is 581. The van der Waals surface area contributed by atoms with Gasteiger partial charge in [0.15, 0.2) is 5.82 Å². The van der Waals surface area contributed by atoms with Crippen molar-refractivity contribution in [2.45, 2.75) is 44.7 Å². The van der Waals surface area contributed by atoms with Crippen molar-refractivity contribution in [3.05, 3.63) is 28.6 Å². The molecule has 0 bridgehead atoms. The molecule has 1 aliphatic carbocycles. The van der Waals surface area contributed by atoms with Crippen molar-refractivity contribution in [3.8, 4) is 0 Å². The van der Waals surface area contributed by atoms with Gasteiger partial charge in [0.25, 0.3) is 5.56 Å². The van der Waals surface area contributed by atoms with Gasteiger partial charge in [0.1, 0.15) is 0 Å². The third-order valence-electron chi connectivity index (χ3n) is 3.56. The van der Waals surface area contributed by atoms with Crippen molar-refractivity contribution in [3.63, 3.8) is 0 Å². The van der Waals surface area contributed by atoms with Gasteiger partial charge >= 0.3 is 0 Å². The van der Waals surface area contributed by atoms with E-state index < -0.39 is 0 Å². The highest BCUT2D eigenvalue weighted by molar-refractivity contribution is 5.33. The number of rotatable bonds is 3. The normalized spacial score (nSPS) is 17.3. The van der Waals surface area contributed by atoms with Crippen molar-refractivity contribution in [2.75, 3.05) is 0 Å². The molecule has 0 saturated heterocycles. The molecule has 6 heteroatoms. The van der Waals surface area contributed by atoms with E-state index in [2.05, 4.69) is 20.5 Å². The summed E-state index contributed by atoms with van der Waals surface area (Å²) in [5.74, 6) is 0.793. The van der Waals surface area contributed by atoms with Crippen LogP contribution in [0.25, 0.3) is 5.65 Å². The molecule has 1 saturated carbocycles. The molecule has 2 N–H and O–H groups in total. The molecular weight excluding hydrogens is 230 g/mol. The fraction of sp³-hybridized carbons (Fsp3) is 0.583. The Balaban J connectivity index is 1.74. The molecule has 1 fully saturated rings. The smallest absolute Gasteiger partial charge is 0.293 e. The molecule has 0 unspecified atom stereocenters. The number of hydrogen-bond donors (Lipinski definition) is 2. The molecular formula is C12H17N5O. The third kappa shape index (κ3) is 2.15. The molecule has 0 spiro atoms. The van der Waals surface area contributed by atoms with E-state index in [-0.39, 0.29) is 5.56 Å². The van der Waals surface area contributed by atoms with E-state index in [0.29, 0.717) is 18.2 Å². The number of H-pyrrole nitrogens is 1. The fourth-order valence-corrected chi connectivity index (χ4v) is 2.55.